The smallest absolute Gasteiger partial charge is 0.0249 e. The van der Waals surface area contributed by atoms with Crippen molar-refractivity contribution in [3.8, 4) is 0 Å². The Hall–Kier alpha value is -0.0800. The van der Waals surface area contributed by atoms with Gasteiger partial charge in [0.2, 0.25) is 0 Å². The van der Waals surface area contributed by atoms with Gasteiger partial charge in [-0.3, -0.25) is 4.90 Å². The fourth-order valence-corrected chi connectivity index (χ4v) is 3.10. The summed E-state index contributed by atoms with van der Waals surface area (Å²) < 4.78 is 0. The highest BCUT2D eigenvalue weighted by atomic mass is 15.3. The fraction of sp³-hybridized carbons (Fsp3) is 1.00. The van der Waals surface area contributed by atoms with E-state index in [1.807, 2.05) is 0 Å². The minimum Gasteiger partial charge on any atom is -0.311 e. The Morgan fingerprint density at radius 2 is 1.94 bits per heavy atom. The van der Waals surface area contributed by atoms with Crippen molar-refractivity contribution in [3.05, 3.63) is 0 Å². The summed E-state index contributed by atoms with van der Waals surface area (Å²) in [5.74, 6) is 1.71. The molecule has 2 fully saturated rings. The molecule has 0 aromatic rings. The molecule has 0 bridgehead atoms. The van der Waals surface area contributed by atoms with E-state index in [1.54, 1.807) is 0 Å². The first-order chi connectivity index (χ1) is 7.95. The van der Waals surface area contributed by atoms with Gasteiger partial charge in [-0.05, 0) is 44.9 Å². The third-order valence-electron chi connectivity index (χ3n) is 4.99. The standard InChI is InChI=1S/C15H30N2/c1-6-15(4,5)17-10-13(12-7-8-12)16-9-14(17)11(2)3/h11-14,16H,6-10H2,1-5H3. The summed E-state index contributed by atoms with van der Waals surface area (Å²) >= 11 is 0. The van der Waals surface area contributed by atoms with Crippen LogP contribution in [0.1, 0.15) is 53.9 Å². The second kappa shape index (κ2) is 4.89. The minimum absolute atomic E-state index is 0.351. The molecule has 2 aliphatic rings. The highest BCUT2D eigenvalue weighted by Gasteiger charge is 2.42. The monoisotopic (exact) mass is 238 g/mol. The van der Waals surface area contributed by atoms with E-state index < -0.39 is 0 Å². The van der Waals surface area contributed by atoms with Crippen molar-refractivity contribution >= 4 is 0 Å². The largest absolute Gasteiger partial charge is 0.311 e. The molecule has 1 aliphatic carbocycles. The molecule has 1 N–H and O–H groups in total. The average Bonchev–Trinajstić information content (AvgIpc) is 3.12. The first kappa shape index (κ1) is 13.4. The Bertz CT molecular complexity index is 256. The lowest BCUT2D eigenvalue weighted by molar-refractivity contribution is 0.00446. The molecule has 2 rings (SSSR count). The van der Waals surface area contributed by atoms with Gasteiger partial charge in [0.05, 0.1) is 0 Å². The lowest BCUT2D eigenvalue weighted by Gasteiger charge is -2.50. The van der Waals surface area contributed by atoms with Crippen LogP contribution in [0, 0.1) is 11.8 Å². The van der Waals surface area contributed by atoms with E-state index in [2.05, 4.69) is 44.8 Å². The number of piperazine rings is 1. The average molecular weight is 238 g/mol. The summed E-state index contributed by atoms with van der Waals surface area (Å²) in [6.45, 7) is 14.3. The van der Waals surface area contributed by atoms with Crippen LogP contribution in [0.3, 0.4) is 0 Å². The molecule has 2 unspecified atom stereocenters. The van der Waals surface area contributed by atoms with Gasteiger partial charge in [-0.25, -0.2) is 0 Å². The van der Waals surface area contributed by atoms with Gasteiger partial charge < -0.3 is 5.32 Å². The van der Waals surface area contributed by atoms with Crippen molar-refractivity contribution in [2.75, 3.05) is 13.1 Å². The Morgan fingerprint density at radius 3 is 2.41 bits per heavy atom. The molecular formula is C15H30N2. The Kier molecular flexibility index (Phi) is 3.84. The molecule has 1 heterocycles. The predicted molar refractivity (Wildman–Crippen MR) is 74.2 cm³/mol. The summed E-state index contributed by atoms with van der Waals surface area (Å²) in [5.41, 5.74) is 0.351. The molecule has 0 aromatic heterocycles. The van der Waals surface area contributed by atoms with Gasteiger partial charge in [0.1, 0.15) is 0 Å². The minimum atomic E-state index is 0.351. The van der Waals surface area contributed by atoms with Crippen LogP contribution in [0.15, 0.2) is 0 Å². The summed E-state index contributed by atoms with van der Waals surface area (Å²) in [6, 6.07) is 1.47. The molecule has 17 heavy (non-hydrogen) atoms. The van der Waals surface area contributed by atoms with Gasteiger partial charge in [0.25, 0.3) is 0 Å². The normalized spacial score (nSPS) is 32.1. The highest BCUT2D eigenvalue weighted by molar-refractivity contribution is 4.99. The molecular weight excluding hydrogens is 208 g/mol. The molecule has 0 radical (unpaired) electrons. The second-order valence-electron chi connectivity index (χ2n) is 6.98. The van der Waals surface area contributed by atoms with E-state index in [-0.39, 0.29) is 0 Å². The van der Waals surface area contributed by atoms with Crippen molar-refractivity contribution in [2.24, 2.45) is 11.8 Å². The SMILES string of the molecule is CCC(C)(C)N1CC(C2CC2)NCC1C(C)C. The fourth-order valence-electron chi connectivity index (χ4n) is 3.10. The van der Waals surface area contributed by atoms with Gasteiger partial charge >= 0.3 is 0 Å². The van der Waals surface area contributed by atoms with Gasteiger partial charge in [-0.2, -0.15) is 0 Å². The van der Waals surface area contributed by atoms with Crippen molar-refractivity contribution in [1.29, 1.82) is 0 Å². The molecule has 0 spiro atoms. The lowest BCUT2D eigenvalue weighted by Crippen LogP contribution is -2.64. The number of rotatable bonds is 4. The van der Waals surface area contributed by atoms with Crippen LogP contribution in [0.4, 0.5) is 0 Å². The van der Waals surface area contributed by atoms with E-state index in [0.29, 0.717) is 11.6 Å². The predicted octanol–water partition coefficient (Wildman–Crippen LogP) is 2.88. The van der Waals surface area contributed by atoms with Crippen LogP contribution >= 0.6 is 0 Å². The zero-order chi connectivity index (χ0) is 12.6. The zero-order valence-corrected chi connectivity index (χ0v) is 12.3. The number of hydrogen-bond donors (Lipinski definition) is 1. The van der Waals surface area contributed by atoms with Crippen LogP contribution in [0.2, 0.25) is 0 Å². The van der Waals surface area contributed by atoms with Gasteiger partial charge in [-0.1, -0.05) is 20.8 Å². The Balaban J connectivity index is 2.08. The van der Waals surface area contributed by atoms with Crippen LogP contribution in [-0.4, -0.2) is 35.6 Å². The van der Waals surface area contributed by atoms with E-state index in [1.165, 1.54) is 32.4 Å². The van der Waals surface area contributed by atoms with Crippen LogP contribution in [-0.2, 0) is 0 Å². The van der Waals surface area contributed by atoms with Gasteiger partial charge in [0, 0.05) is 30.7 Å². The number of nitrogens with zero attached hydrogens (tertiary/aromatic N) is 1. The van der Waals surface area contributed by atoms with Crippen LogP contribution < -0.4 is 5.32 Å². The molecule has 0 aromatic carbocycles. The molecule has 0 amide bonds. The summed E-state index contributed by atoms with van der Waals surface area (Å²) in [5, 5.41) is 3.80. The van der Waals surface area contributed by atoms with E-state index in [4.69, 9.17) is 0 Å². The molecule has 2 atom stereocenters. The third-order valence-corrected chi connectivity index (χ3v) is 4.99. The highest BCUT2D eigenvalue weighted by Crippen LogP contribution is 2.37. The Morgan fingerprint density at radius 1 is 1.29 bits per heavy atom. The topological polar surface area (TPSA) is 15.3 Å². The van der Waals surface area contributed by atoms with Gasteiger partial charge in [0.15, 0.2) is 0 Å². The number of hydrogen-bond acceptors (Lipinski definition) is 2. The molecule has 2 nitrogen and oxygen atoms in total. The van der Waals surface area contributed by atoms with Gasteiger partial charge in [-0.15, -0.1) is 0 Å². The molecule has 1 aliphatic heterocycles. The van der Waals surface area contributed by atoms with Crippen molar-refractivity contribution in [3.63, 3.8) is 0 Å². The summed E-state index contributed by atoms with van der Waals surface area (Å²) in [4.78, 5) is 2.79. The maximum absolute atomic E-state index is 3.80. The first-order valence-electron chi connectivity index (χ1n) is 7.46. The van der Waals surface area contributed by atoms with E-state index >= 15 is 0 Å². The van der Waals surface area contributed by atoms with Crippen molar-refractivity contribution < 1.29 is 0 Å². The maximum Gasteiger partial charge on any atom is 0.0249 e. The van der Waals surface area contributed by atoms with Crippen molar-refractivity contribution in [1.82, 2.24) is 10.2 Å². The quantitative estimate of drug-likeness (QED) is 0.810. The zero-order valence-electron chi connectivity index (χ0n) is 12.3. The molecule has 1 saturated carbocycles. The molecule has 2 heteroatoms. The van der Waals surface area contributed by atoms with E-state index in [0.717, 1.165) is 17.9 Å². The molecule has 1 saturated heterocycles. The number of nitrogens with one attached hydrogen (secondary N) is 1. The van der Waals surface area contributed by atoms with Crippen LogP contribution in [0.5, 0.6) is 0 Å². The van der Waals surface area contributed by atoms with Crippen molar-refractivity contribution in [2.45, 2.75) is 71.5 Å². The van der Waals surface area contributed by atoms with E-state index in [9.17, 15) is 0 Å². The maximum atomic E-state index is 3.80. The third kappa shape index (κ3) is 2.85. The summed E-state index contributed by atoms with van der Waals surface area (Å²) in [6.07, 6.45) is 4.14. The lowest BCUT2D eigenvalue weighted by atomic mass is 9.89. The molecule has 100 valence electrons. The second-order valence-corrected chi connectivity index (χ2v) is 6.98. The summed E-state index contributed by atoms with van der Waals surface area (Å²) in [7, 11) is 0. The first-order valence-corrected chi connectivity index (χ1v) is 7.46. The Labute approximate surface area is 107 Å². The van der Waals surface area contributed by atoms with Crippen LogP contribution in [0.25, 0.3) is 0 Å².